The highest BCUT2D eigenvalue weighted by Gasteiger charge is 2.16. The monoisotopic (exact) mass is 242 g/mol. The average molecular weight is 242 g/mol. The lowest BCUT2D eigenvalue weighted by molar-refractivity contribution is 0.853. The Balaban J connectivity index is 3.02. The number of rotatable bonds is 1. The molecule has 2 nitrogen and oxygen atoms in total. The number of hydrogen-bond acceptors (Lipinski definition) is 2. The third-order valence-electron chi connectivity index (χ3n) is 4.02. The van der Waals surface area contributed by atoms with Crippen LogP contribution in [0, 0.1) is 34.6 Å². The van der Waals surface area contributed by atoms with Crippen molar-refractivity contribution < 1.29 is 0 Å². The lowest BCUT2D eigenvalue weighted by Crippen LogP contribution is -2.05. The molecule has 2 aromatic heterocycles. The average Bonchev–Trinajstić information content (AvgIpc) is 2.29. The van der Waals surface area contributed by atoms with Crippen LogP contribution >= 0.6 is 0 Å². The van der Waals surface area contributed by atoms with E-state index in [1.165, 1.54) is 22.3 Å². The summed E-state index contributed by atoms with van der Waals surface area (Å²) >= 11 is 0. The molecule has 0 saturated heterocycles. The Morgan fingerprint density at radius 3 is 1.72 bits per heavy atom. The molecule has 0 fully saturated rings. The molecule has 0 amide bonds. The van der Waals surface area contributed by atoms with Crippen LogP contribution in [0.3, 0.4) is 0 Å². The largest absolute Gasteiger partial charge is 0.251 e. The van der Waals surface area contributed by atoms with Gasteiger partial charge in [-0.25, -0.2) is 0 Å². The molecule has 0 bridgehead atoms. The second-order valence-electron chi connectivity index (χ2n) is 5.54. The number of aromatic nitrogens is 2. The molecule has 2 rings (SSSR count). The third-order valence-corrected chi connectivity index (χ3v) is 4.02. The van der Waals surface area contributed by atoms with Crippen LogP contribution in [-0.2, 0) is 0 Å². The summed E-state index contributed by atoms with van der Waals surface area (Å²) in [5.41, 5.74) is 9.57. The highest BCUT2D eigenvalue weighted by atomic mass is 14.8. The summed E-state index contributed by atoms with van der Waals surface area (Å²) in [5, 5.41) is 0. The van der Waals surface area contributed by atoms with Gasteiger partial charge in [0.2, 0.25) is 0 Å². The summed E-state index contributed by atoms with van der Waals surface area (Å²) < 4.78 is 0. The Kier molecular flexibility index (Phi) is 3.14. The van der Waals surface area contributed by atoms with Crippen molar-refractivity contribution in [2.45, 2.75) is 54.4 Å². The molecular weight excluding hydrogens is 220 g/mol. The van der Waals surface area contributed by atoms with Crippen LogP contribution in [0.25, 0.3) is 11.0 Å². The lowest BCUT2D eigenvalue weighted by atomic mass is 9.93. The number of nitrogens with zero attached hydrogens (tertiary/aromatic N) is 2. The molecule has 2 aromatic rings. The molecule has 0 N–H and O–H groups in total. The normalized spacial score (nSPS) is 11.6. The second-order valence-corrected chi connectivity index (χ2v) is 5.54. The Bertz CT molecular complexity index is 625. The van der Waals surface area contributed by atoms with Gasteiger partial charge in [0.05, 0.1) is 11.0 Å². The number of fused-ring (bicyclic) bond motifs is 1. The molecule has 0 atom stereocenters. The van der Waals surface area contributed by atoms with Crippen molar-refractivity contribution in [3.63, 3.8) is 0 Å². The van der Waals surface area contributed by atoms with Crippen molar-refractivity contribution >= 4 is 11.0 Å². The molecule has 96 valence electrons. The Labute approximate surface area is 109 Å². The lowest BCUT2D eigenvalue weighted by Gasteiger charge is -2.17. The first-order chi connectivity index (χ1) is 8.34. The molecule has 0 aliphatic carbocycles. The van der Waals surface area contributed by atoms with Gasteiger partial charge in [0.15, 0.2) is 0 Å². The predicted molar refractivity (Wildman–Crippen MR) is 77.3 cm³/mol. The first-order valence-electron chi connectivity index (χ1n) is 6.59. The Hall–Kier alpha value is -1.44. The van der Waals surface area contributed by atoms with Gasteiger partial charge in [-0.1, -0.05) is 13.8 Å². The summed E-state index contributed by atoms with van der Waals surface area (Å²) in [5.74, 6) is 0.475. The standard InChI is InChI=1S/C16H22N2/c1-8(2)14-11(5)13(7)17-15-10(4)9(3)12(6)18-16(14)15/h8H,1-7H3. The van der Waals surface area contributed by atoms with E-state index in [-0.39, 0.29) is 0 Å². The zero-order chi connectivity index (χ0) is 13.6. The molecule has 0 aliphatic heterocycles. The maximum absolute atomic E-state index is 4.80. The highest BCUT2D eigenvalue weighted by molar-refractivity contribution is 5.84. The van der Waals surface area contributed by atoms with Gasteiger partial charge in [0.1, 0.15) is 0 Å². The number of pyridine rings is 2. The van der Waals surface area contributed by atoms with Gasteiger partial charge in [-0.3, -0.25) is 9.97 Å². The van der Waals surface area contributed by atoms with Gasteiger partial charge in [0, 0.05) is 11.4 Å². The summed E-state index contributed by atoms with van der Waals surface area (Å²) in [7, 11) is 0. The second kappa shape index (κ2) is 4.34. The van der Waals surface area contributed by atoms with E-state index in [1.54, 1.807) is 0 Å². The molecule has 0 aliphatic rings. The number of aryl methyl sites for hydroxylation is 3. The van der Waals surface area contributed by atoms with Crippen molar-refractivity contribution in [2.24, 2.45) is 0 Å². The zero-order valence-corrected chi connectivity index (χ0v) is 12.5. The van der Waals surface area contributed by atoms with Crippen LogP contribution in [-0.4, -0.2) is 9.97 Å². The predicted octanol–water partition coefficient (Wildman–Crippen LogP) is 4.30. The Morgan fingerprint density at radius 1 is 0.667 bits per heavy atom. The topological polar surface area (TPSA) is 25.8 Å². The number of hydrogen-bond donors (Lipinski definition) is 0. The molecule has 0 saturated carbocycles. The van der Waals surface area contributed by atoms with E-state index in [0.717, 1.165) is 22.4 Å². The maximum atomic E-state index is 4.80. The minimum absolute atomic E-state index is 0.475. The van der Waals surface area contributed by atoms with E-state index in [9.17, 15) is 0 Å². The highest BCUT2D eigenvalue weighted by Crippen LogP contribution is 2.31. The third kappa shape index (κ3) is 1.80. The van der Waals surface area contributed by atoms with Gasteiger partial charge in [-0.15, -0.1) is 0 Å². The molecular formula is C16H22N2. The molecule has 0 spiro atoms. The first-order valence-corrected chi connectivity index (χ1v) is 6.59. The molecule has 0 aromatic carbocycles. The molecule has 2 heteroatoms. The maximum Gasteiger partial charge on any atom is 0.0930 e. The summed E-state index contributed by atoms with van der Waals surface area (Å²) in [6, 6.07) is 0. The van der Waals surface area contributed by atoms with E-state index in [2.05, 4.69) is 48.5 Å². The smallest absolute Gasteiger partial charge is 0.0930 e. The summed E-state index contributed by atoms with van der Waals surface area (Å²) in [6.45, 7) is 15.1. The summed E-state index contributed by atoms with van der Waals surface area (Å²) in [6.07, 6.45) is 0. The molecule has 0 radical (unpaired) electrons. The van der Waals surface area contributed by atoms with Gasteiger partial charge < -0.3 is 0 Å². The Morgan fingerprint density at radius 2 is 1.17 bits per heavy atom. The van der Waals surface area contributed by atoms with Crippen molar-refractivity contribution in [1.82, 2.24) is 9.97 Å². The van der Waals surface area contributed by atoms with Crippen molar-refractivity contribution in [3.8, 4) is 0 Å². The van der Waals surface area contributed by atoms with Gasteiger partial charge >= 0.3 is 0 Å². The van der Waals surface area contributed by atoms with E-state index in [4.69, 9.17) is 9.97 Å². The van der Waals surface area contributed by atoms with Gasteiger partial charge in [0.25, 0.3) is 0 Å². The quantitative estimate of drug-likeness (QED) is 0.745. The van der Waals surface area contributed by atoms with Crippen molar-refractivity contribution in [3.05, 3.63) is 33.6 Å². The fourth-order valence-corrected chi connectivity index (χ4v) is 2.59. The SMILES string of the molecule is Cc1nc2c(C(C)C)c(C)c(C)nc2c(C)c1C. The fourth-order valence-electron chi connectivity index (χ4n) is 2.59. The van der Waals surface area contributed by atoms with Crippen molar-refractivity contribution in [2.75, 3.05) is 0 Å². The van der Waals surface area contributed by atoms with E-state index in [1.807, 2.05) is 0 Å². The van der Waals surface area contributed by atoms with Crippen molar-refractivity contribution in [1.29, 1.82) is 0 Å². The first kappa shape index (κ1) is 13.0. The van der Waals surface area contributed by atoms with E-state index in [0.29, 0.717) is 5.92 Å². The van der Waals surface area contributed by atoms with E-state index < -0.39 is 0 Å². The van der Waals surface area contributed by atoms with Crippen LogP contribution in [0.1, 0.15) is 53.4 Å². The zero-order valence-electron chi connectivity index (χ0n) is 12.5. The van der Waals surface area contributed by atoms with Crippen LogP contribution in [0.2, 0.25) is 0 Å². The minimum atomic E-state index is 0.475. The molecule has 0 unspecified atom stereocenters. The van der Waals surface area contributed by atoms with Crippen LogP contribution in [0.5, 0.6) is 0 Å². The summed E-state index contributed by atoms with van der Waals surface area (Å²) in [4.78, 5) is 9.55. The minimum Gasteiger partial charge on any atom is -0.251 e. The molecule has 2 heterocycles. The molecule has 18 heavy (non-hydrogen) atoms. The van der Waals surface area contributed by atoms with Gasteiger partial charge in [-0.05, 0) is 62.8 Å². The van der Waals surface area contributed by atoms with Crippen LogP contribution < -0.4 is 0 Å². The van der Waals surface area contributed by atoms with Crippen LogP contribution in [0.15, 0.2) is 0 Å². The van der Waals surface area contributed by atoms with E-state index >= 15 is 0 Å². The van der Waals surface area contributed by atoms with Crippen LogP contribution in [0.4, 0.5) is 0 Å². The van der Waals surface area contributed by atoms with Gasteiger partial charge in [-0.2, -0.15) is 0 Å². The fraction of sp³-hybridized carbons (Fsp3) is 0.500.